The van der Waals surface area contributed by atoms with Crippen molar-refractivity contribution in [3.8, 4) is 10.4 Å². The summed E-state index contributed by atoms with van der Waals surface area (Å²) < 4.78 is 14.5. The first-order valence-electron chi connectivity index (χ1n) is 14.3. The highest BCUT2D eigenvalue weighted by molar-refractivity contribution is 7.13. The van der Waals surface area contributed by atoms with Crippen LogP contribution in [0.2, 0.25) is 0 Å². The van der Waals surface area contributed by atoms with Gasteiger partial charge >= 0.3 is 0 Å². The third-order valence-corrected chi connectivity index (χ3v) is 8.90. The number of thiazole rings is 1. The van der Waals surface area contributed by atoms with Crippen LogP contribution in [-0.2, 0) is 14.4 Å². The number of halogens is 1. The zero-order valence-electron chi connectivity index (χ0n) is 24.7. The van der Waals surface area contributed by atoms with Crippen molar-refractivity contribution in [2.24, 2.45) is 17.3 Å². The fourth-order valence-electron chi connectivity index (χ4n) is 5.41. The first-order valence-corrected chi connectivity index (χ1v) is 15.2. The van der Waals surface area contributed by atoms with Gasteiger partial charge in [-0.2, -0.15) is 0 Å². The molecule has 7 nitrogen and oxygen atoms in total. The van der Waals surface area contributed by atoms with Crippen molar-refractivity contribution in [3.05, 3.63) is 41.0 Å². The molecule has 9 heteroatoms. The zero-order chi connectivity index (χ0) is 29.4. The van der Waals surface area contributed by atoms with Crippen molar-refractivity contribution >= 4 is 29.1 Å². The topological polar surface area (TPSA) is 91.4 Å². The third kappa shape index (κ3) is 6.73. The van der Waals surface area contributed by atoms with Crippen LogP contribution in [0.15, 0.2) is 29.8 Å². The largest absolute Gasteiger partial charge is 0.347 e. The number of amides is 3. The number of nitrogens with zero attached hydrogens (tertiary/aromatic N) is 2. The summed E-state index contributed by atoms with van der Waals surface area (Å²) in [5, 5.41) is 5.92. The first-order chi connectivity index (χ1) is 18.7. The minimum atomic E-state index is -1.88. The van der Waals surface area contributed by atoms with E-state index < -0.39 is 29.1 Å². The summed E-state index contributed by atoms with van der Waals surface area (Å²) in [6.07, 6.45) is 1.64. The molecule has 4 atom stereocenters. The summed E-state index contributed by atoms with van der Waals surface area (Å²) >= 11 is 1.60. The maximum absolute atomic E-state index is 14.5. The number of aromatic nitrogens is 1. The Hall–Kier alpha value is -2.81. The molecule has 2 fully saturated rings. The Morgan fingerprint density at radius 1 is 1.15 bits per heavy atom. The van der Waals surface area contributed by atoms with Crippen molar-refractivity contribution < 1.29 is 18.8 Å². The summed E-state index contributed by atoms with van der Waals surface area (Å²) in [5.41, 5.74) is 2.41. The molecule has 1 saturated carbocycles. The number of carbonyl (C=O) groups is 3. The van der Waals surface area contributed by atoms with Crippen LogP contribution in [0.4, 0.5) is 4.39 Å². The van der Waals surface area contributed by atoms with Crippen LogP contribution in [0.25, 0.3) is 10.4 Å². The average Bonchev–Trinajstić information content (AvgIpc) is 3.28. The van der Waals surface area contributed by atoms with Gasteiger partial charge in [0.05, 0.1) is 22.1 Å². The number of likely N-dealkylation sites (tertiary alicyclic amines) is 1. The van der Waals surface area contributed by atoms with Crippen LogP contribution in [0.3, 0.4) is 0 Å². The van der Waals surface area contributed by atoms with E-state index in [4.69, 9.17) is 0 Å². The smallest absolute Gasteiger partial charge is 0.258 e. The van der Waals surface area contributed by atoms with Crippen LogP contribution in [0.1, 0.15) is 84.5 Å². The second-order valence-corrected chi connectivity index (χ2v) is 14.0. The highest BCUT2D eigenvalue weighted by atomic mass is 32.1. The van der Waals surface area contributed by atoms with Crippen molar-refractivity contribution in [2.75, 3.05) is 6.54 Å². The van der Waals surface area contributed by atoms with Crippen molar-refractivity contribution in [3.63, 3.8) is 0 Å². The monoisotopic (exact) mass is 570 g/mol. The molecular formula is C31H43FN4O3S. The second-order valence-electron chi connectivity index (χ2n) is 13.2. The van der Waals surface area contributed by atoms with Crippen LogP contribution in [-0.4, -0.2) is 51.9 Å². The minimum Gasteiger partial charge on any atom is -0.347 e. The molecule has 0 unspecified atom stereocenters. The molecule has 1 aromatic heterocycles. The summed E-state index contributed by atoms with van der Waals surface area (Å²) in [7, 11) is 0. The van der Waals surface area contributed by atoms with Gasteiger partial charge in [0.15, 0.2) is 5.67 Å². The van der Waals surface area contributed by atoms with Gasteiger partial charge in [-0.15, -0.1) is 11.3 Å². The SMILES string of the molecule is Cc1ncsc1-c1ccc([C@H](CC(C)C)NC(=O)[C@@H]2C[C@@H](C)CN2C(=O)[C@@H](NC(=O)C2(F)CC2)C(C)(C)C)cc1. The maximum atomic E-state index is 14.5. The molecule has 0 spiro atoms. The number of carbonyl (C=O) groups excluding carboxylic acids is 3. The number of hydrogen-bond donors (Lipinski definition) is 2. The summed E-state index contributed by atoms with van der Waals surface area (Å²) in [4.78, 5) is 47.3. The Kier molecular flexibility index (Phi) is 8.74. The zero-order valence-corrected chi connectivity index (χ0v) is 25.5. The highest BCUT2D eigenvalue weighted by Crippen LogP contribution is 2.40. The van der Waals surface area contributed by atoms with Gasteiger partial charge in [0.1, 0.15) is 12.1 Å². The highest BCUT2D eigenvalue weighted by Gasteiger charge is 2.53. The molecule has 1 aromatic carbocycles. The molecule has 2 aromatic rings. The van der Waals surface area contributed by atoms with Gasteiger partial charge in [-0.3, -0.25) is 14.4 Å². The molecule has 0 radical (unpaired) electrons. The van der Waals surface area contributed by atoms with Gasteiger partial charge in [0.2, 0.25) is 11.8 Å². The Bertz CT molecular complexity index is 1230. The molecule has 2 aliphatic rings. The molecule has 0 bridgehead atoms. The second kappa shape index (κ2) is 11.6. The number of hydrogen-bond acceptors (Lipinski definition) is 5. The quantitative estimate of drug-likeness (QED) is 0.411. The van der Waals surface area contributed by atoms with Gasteiger partial charge < -0.3 is 15.5 Å². The lowest BCUT2D eigenvalue weighted by atomic mass is 9.85. The summed E-state index contributed by atoms with van der Waals surface area (Å²) in [5.74, 6) is -0.807. The van der Waals surface area contributed by atoms with E-state index in [0.29, 0.717) is 18.9 Å². The molecule has 1 aliphatic carbocycles. The molecule has 40 heavy (non-hydrogen) atoms. The Morgan fingerprint density at radius 3 is 2.33 bits per heavy atom. The van der Waals surface area contributed by atoms with Gasteiger partial charge in [0.25, 0.3) is 5.91 Å². The van der Waals surface area contributed by atoms with Gasteiger partial charge in [-0.05, 0) is 61.0 Å². The van der Waals surface area contributed by atoms with Crippen molar-refractivity contribution in [1.29, 1.82) is 0 Å². The Labute approximate surface area is 241 Å². The molecule has 2 heterocycles. The minimum absolute atomic E-state index is 0.123. The fourth-order valence-corrected chi connectivity index (χ4v) is 6.22. The number of aryl methyl sites for hydroxylation is 1. The van der Waals surface area contributed by atoms with E-state index in [2.05, 4.69) is 53.7 Å². The number of alkyl halides is 1. The van der Waals surface area contributed by atoms with Crippen molar-refractivity contribution in [2.45, 2.75) is 97.9 Å². The Balaban J connectivity index is 1.53. The van der Waals surface area contributed by atoms with E-state index in [-0.39, 0.29) is 36.6 Å². The molecular weight excluding hydrogens is 527 g/mol. The van der Waals surface area contributed by atoms with E-state index in [0.717, 1.165) is 28.1 Å². The fraction of sp³-hybridized carbons (Fsp3) is 0.613. The number of nitrogens with one attached hydrogen (secondary N) is 2. The molecule has 1 aliphatic heterocycles. The lowest BCUT2D eigenvalue weighted by Crippen LogP contribution is -2.59. The Morgan fingerprint density at radius 2 is 1.80 bits per heavy atom. The predicted molar refractivity (Wildman–Crippen MR) is 156 cm³/mol. The lowest BCUT2D eigenvalue weighted by Gasteiger charge is -2.36. The molecule has 218 valence electrons. The van der Waals surface area contributed by atoms with Crippen LogP contribution >= 0.6 is 11.3 Å². The number of rotatable bonds is 9. The van der Waals surface area contributed by atoms with E-state index >= 15 is 0 Å². The molecule has 1 saturated heterocycles. The van der Waals surface area contributed by atoms with Gasteiger partial charge in [-0.1, -0.05) is 65.8 Å². The maximum Gasteiger partial charge on any atom is 0.258 e. The normalized spacial score (nSPS) is 21.7. The van der Waals surface area contributed by atoms with Gasteiger partial charge in [0, 0.05) is 6.54 Å². The van der Waals surface area contributed by atoms with Crippen molar-refractivity contribution in [1.82, 2.24) is 20.5 Å². The van der Waals surface area contributed by atoms with E-state index in [1.165, 1.54) is 0 Å². The first kappa shape index (κ1) is 30.2. The third-order valence-electron chi connectivity index (χ3n) is 7.92. The predicted octanol–water partition coefficient (Wildman–Crippen LogP) is 5.59. The van der Waals surface area contributed by atoms with Crippen LogP contribution in [0.5, 0.6) is 0 Å². The standard InChI is InChI=1S/C31H43FN4O3S/c1-18(2)14-23(21-8-10-22(11-9-21)25-20(4)33-17-40-25)34-27(37)24-15-19(3)16-36(24)28(38)26(30(5,6)7)35-29(39)31(32)12-13-31/h8-11,17-19,23-24,26H,12-16H2,1-7H3,(H,34,37)(H,35,39)/t19-,23+,24+,26-/m1/s1. The lowest BCUT2D eigenvalue weighted by molar-refractivity contribution is -0.145. The van der Waals surface area contributed by atoms with E-state index in [1.807, 2.05) is 40.1 Å². The van der Waals surface area contributed by atoms with Gasteiger partial charge in [-0.25, -0.2) is 9.37 Å². The molecule has 2 N–H and O–H groups in total. The van der Waals surface area contributed by atoms with Crippen LogP contribution in [0, 0.1) is 24.2 Å². The molecule has 4 rings (SSSR count). The summed E-state index contributed by atoms with van der Waals surface area (Å²) in [6, 6.07) is 6.45. The summed E-state index contributed by atoms with van der Waals surface area (Å²) in [6.45, 7) is 14.2. The van der Waals surface area contributed by atoms with E-state index in [1.54, 1.807) is 16.2 Å². The molecule has 3 amide bonds. The van der Waals surface area contributed by atoms with Crippen LogP contribution < -0.4 is 10.6 Å². The number of benzene rings is 1. The average molecular weight is 571 g/mol. The van der Waals surface area contributed by atoms with E-state index in [9.17, 15) is 18.8 Å².